The van der Waals surface area contributed by atoms with Gasteiger partial charge in [-0.3, -0.25) is 4.55 Å². The number of hydrogen-bond donors (Lipinski definition) is 1. The second-order valence-electron chi connectivity index (χ2n) is 4.56. The highest BCUT2D eigenvalue weighted by Gasteiger charge is 2.55. The summed E-state index contributed by atoms with van der Waals surface area (Å²) in [5, 5.41) is -0.678. The molecule has 0 aromatic rings. The van der Waals surface area contributed by atoms with Crippen LogP contribution in [-0.2, 0) is 14.9 Å². The third-order valence-corrected chi connectivity index (χ3v) is 4.87. The normalized spacial score (nSPS) is 43.6. The zero-order valence-corrected chi connectivity index (χ0v) is 9.09. The van der Waals surface area contributed by atoms with E-state index in [0.717, 1.165) is 25.7 Å². The van der Waals surface area contributed by atoms with Crippen molar-refractivity contribution in [2.24, 2.45) is 5.92 Å². The highest BCUT2D eigenvalue weighted by Crippen LogP contribution is 2.45. The van der Waals surface area contributed by atoms with Crippen molar-refractivity contribution in [2.45, 2.75) is 43.5 Å². The van der Waals surface area contributed by atoms with Crippen LogP contribution in [0.5, 0.6) is 0 Å². The second kappa shape index (κ2) is 3.18. The van der Waals surface area contributed by atoms with E-state index < -0.39 is 21.0 Å². The molecule has 1 aliphatic carbocycles. The highest BCUT2D eigenvalue weighted by atomic mass is 32.2. The molecule has 2 aliphatic rings. The van der Waals surface area contributed by atoms with Gasteiger partial charge < -0.3 is 4.74 Å². The van der Waals surface area contributed by atoms with E-state index in [1.165, 1.54) is 0 Å². The van der Waals surface area contributed by atoms with E-state index in [9.17, 15) is 8.42 Å². The van der Waals surface area contributed by atoms with Crippen molar-refractivity contribution in [1.82, 2.24) is 0 Å². The molecule has 2 rings (SSSR count). The topological polar surface area (TPSA) is 63.6 Å². The van der Waals surface area contributed by atoms with Crippen molar-refractivity contribution >= 4 is 10.1 Å². The monoisotopic (exact) mass is 220 g/mol. The molecule has 0 amide bonds. The number of ether oxygens (including phenoxy) is 1. The van der Waals surface area contributed by atoms with Gasteiger partial charge in [-0.25, -0.2) is 0 Å². The Morgan fingerprint density at radius 1 is 1.36 bits per heavy atom. The lowest BCUT2D eigenvalue weighted by Crippen LogP contribution is -2.62. The van der Waals surface area contributed by atoms with Gasteiger partial charge in [-0.1, -0.05) is 6.92 Å². The van der Waals surface area contributed by atoms with Crippen LogP contribution in [0.3, 0.4) is 0 Å². The van der Waals surface area contributed by atoms with Crippen LogP contribution in [0.25, 0.3) is 0 Å². The Kier molecular flexibility index (Phi) is 2.36. The fraction of sp³-hybridized carbons (Fsp3) is 1.00. The summed E-state index contributed by atoms with van der Waals surface area (Å²) in [4.78, 5) is 0. The lowest BCUT2D eigenvalue weighted by atomic mass is 9.75. The molecule has 82 valence electrons. The van der Waals surface area contributed by atoms with Crippen LogP contribution in [-0.4, -0.2) is 30.4 Å². The van der Waals surface area contributed by atoms with Crippen LogP contribution in [0.4, 0.5) is 0 Å². The lowest BCUT2D eigenvalue weighted by molar-refractivity contribution is -0.165. The van der Waals surface area contributed by atoms with Gasteiger partial charge in [0.2, 0.25) is 0 Å². The fourth-order valence-electron chi connectivity index (χ4n) is 2.46. The van der Waals surface area contributed by atoms with Gasteiger partial charge in [0, 0.05) is 0 Å². The maximum absolute atomic E-state index is 11.0. The van der Waals surface area contributed by atoms with E-state index in [-0.39, 0.29) is 6.61 Å². The lowest BCUT2D eigenvalue weighted by Gasteiger charge is -2.50. The SMILES string of the molecule is CC1CCC2(CC1)OCC2S(=O)(=O)O. The van der Waals surface area contributed by atoms with E-state index in [1.807, 2.05) is 0 Å². The Morgan fingerprint density at radius 2 is 1.93 bits per heavy atom. The third kappa shape index (κ3) is 1.57. The van der Waals surface area contributed by atoms with Crippen LogP contribution in [0.15, 0.2) is 0 Å². The van der Waals surface area contributed by atoms with Gasteiger partial charge in [-0.15, -0.1) is 0 Å². The Hall–Kier alpha value is -0.130. The molecular formula is C9H16O4S. The van der Waals surface area contributed by atoms with Gasteiger partial charge in [0.1, 0.15) is 5.25 Å². The van der Waals surface area contributed by atoms with Crippen LogP contribution >= 0.6 is 0 Å². The zero-order valence-electron chi connectivity index (χ0n) is 8.27. The number of hydrogen-bond acceptors (Lipinski definition) is 3. The first-order valence-corrected chi connectivity index (χ1v) is 6.55. The van der Waals surface area contributed by atoms with E-state index in [4.69, 9.17) is 9.29 Å². The molecule has 4 nitrogen and oxygen atoms in total. The Balaban J connectivity index is 2.11. The summed E-state index contributed by atoms with van der Waals surface area (Å²) in [5.41, 5.74) is -0.555. The van der Waals surface area contributed by atoms with Gasteiger partial charge in [-0.05, 0) is 31.6 Å². The molecule has 1 heterocycles. The van der Waals surface area contributed by atoms with E-state index in [2.05, 4.69) is 6.92 Å². The van der Waals surface area contributed by atoms with Crippen LogP contribution in [0.2, 0.25) is 0 Å². The maximum Gasteiger partial charge on any atom is 0.272 e. The van der Waals surface area contributed by atoms with Gasteiger partial charge in [-0.2, -0.15) is 8.42 Å². The molecular weight excluding hydrogens is 204 g/mol. The molecule has 14 heavy (non-hydrogen) atoms. The molecule has 1 N–H and O–H groups in total. The third-order valence-electron chi connectivity index (χ3n) is 3.59. The summed E-state index contributed by atoms with van der Waals surface area (Å²) in [6.45, 7) is 2.32. The van der Waals surface area contributed by atoms with Gasteiger partial charge in [0.25, 0.3) is 10.1 Å². The van der Waals surface area contributed by atoms with E-state index in [1.54, 1.807) is 0 Å². The maximum atomic E-state index is 11.0. The molecule has 1 saturated carbocycles. The second-order valence-corrected chi connectivity index (χ2v) is 6.16. The molecule has 0 aromatic heterocycles. The molecule has 0 aromatic carbocycles. The summed E-state index contributed by atoms with van der Waals surface area (Å²) < 4.78 is 36.5. The van der Waals surface area contributed by atoms with Crippen LogP contribution < -0.4 is 0 Å². The predicted molar refractivity (Wildman–Crippen MR) is 51.7 cm³/mol. The van der Waals surface area contributed by atoms with Crippen molar-refractivity contribution in [3.63, 3.8) is 0 Å². The fourth-order valence-corrected chi connectivity index (χ4v) is 3.55. The molecule has 0 radical (unpaired) electrons. The average molecular weight is 220 g/mol. The zero-order chi connectivity index (χ0) is 10.4. The van der Waals surface area contributed by atoms with Crippen molar-refractivity contribution in [2.75, 3.05) is 6.61 Å². The van der Waals surface area contributed by atoms with Crippen molar-refractivity contribution in [3.8, 4) is 0 Å². The minimum atomic E-state index is -3.92. The smallest absolute Gasteiger partial charge is 0.272 e. The van der Waals surface area contributed by atoms with E-state index >= 15 is 0 Å². The van der Waals surface area contributed by atoms with Gasteiger partial charge in [0.15, 0.2) is 0 Å². The van der Waals surface area contributed by atoms with Gasteiger partial charge >= 0.3 is 0 Å². The number of rotatable bonds is 1. The van der Waals surface area contributed by atoms with Gasteiger partial charge in [0.05, 0.1) is 12.2 Å². The molecule has 2 fully saturated rings. The first-order valence-electron chi connectivity index (χ1n) is 5.04. The Bertz CT molecular complexity index is 314. The van der Waals surface area contributed by atoms with Crippen molar-refractivity contribution < 1.29 is 17.7 Å². The molecule has 1 spiro atoms. The minimum absolute atomic E-state index is 0.160. The summed E-state index contributed by atoms with van der Waals surface area (Å²) in [7, 11) is -3.92. The Labute approximate surface area is 84.4 Å². The first kappa shape index (κ1) is 10.4. The van der Waals surface area contributed by atoms with Crippen molar-refractivity contribution in [1.29, 1.82) is 0 Å². The van der Waals surface area contributed by atoms with Crippen molar-refractivity contribution in [3.05, 3.63) is 0 Å². The molecule has 1 atom stereocenters. The summed E-state index contributed by atoms with van der Waals surface area (Å²) in [6.07, 6.45) is 3.51. The average Bonchev–Trinajstić information content (AvgIpc) is 2.00. The molecule has 1 aliphatic heterocycles. The summed E-state index contributed by atoms with van der Waals surface area (Å²) in [6, 6.07) is 0. The highest BCUT2D eigenvalue weighted by molar-refractivity contribution is 7.86. The van der Waals surface area contributed by atoms with Crippen LogP contribution in [0, 0.1) is 5.92 Å². The Morgan fingerprint density at radius 3 is 2.29 bits per heavy atom. The standard InChI is InChI=1S/C9H16O4S/c1-7-2-4-9(5-3-7)8(6-13-9)14(10,11)12/h7-8H,2-6H2,1H3,(H,10,11,12). The quantitative estimate of drug-likeness (QED) is 0.675. The molecule has 0 bridgehead atoms. The molecule has 5 heteroatoms. The predicted octanol–water partition coefficient (Wildman–Crippen LogP) is 1.22. The first-order chi connectivity index (χ1) is 6.44. The minimum Gasteiger partial charge on any atom is -0.372 e. The molecule has 1 saturated heterocycles. The summed E-state index contributed by atoms with van der Waals surface area (Å²) in [5.74, 6) is 0.645. The van der Waals surface area contributed by atoms with Crippen LogP contribution in [0.1, 0.15) is 32.6 Å². The molecule has 1 unspecified atom stereocenters. The summed E-state index contributed by atoms with van der Waals surface area (Å²) >= 11 is 0. The largest absolute Gasteiger partial charge is 0.372 e. The van der Waals surface area contributed by atoms with E-state index in [0.29, 0.717) is 5.92 Å².